The molecule has 3 aromatic rings. The molecule has 0 aliphatic heterocycles. The Balaban J connectivity index is 2.29. The molecule has 0 fully saturated rings. The summed E-state index contributed by atoms with van der Waals surface area (Å²) < 4.78 is 10.8. The Bertz CT molecular complexity index is 701. The highest BCUT2D eigenvalue weighted by Gasteiger charge is 2.18. The molecular weight excluding hydrogens is 238 g/mol. The van der Waals surface area contributed by atoms with Gasteiger partial charge < -0.3 is 4.74 Å². The predicted octanol–water partition coefficient (Wildman–Crippen LogP) is 2.12. The average Bonchev–Trinajstić information content (AvgIpc) is 2.87. The van der Waals surface area contributed by atoms with Crippen molar-refractivity contribution in [3.63, 3.8) is 0 Å². The third-order valence-corrected chi connectivity index (χ3v) is 3.11. The van der Waals surface area contributed by atoms with Gasteiger partial charge in [-0.2, -0.15) is 4.37 Å². The molecule has 5 nitrogen and oxygen atoms in total. The molecule has 6 heteroatoms. The first-order valence-electron chi connectivity index (χ1n) is 5.21. The zero-order valence-corrected chi connectivity index (χ0v) is 9.90. The lowest BCUT2D eigenvalue weighted by Crippen LogP contribution is -2.09. The Morgan fingerprint density at radius 2 is 2.29 bits per heavy atom. The van der Waals surface area contributed by atoms with E-state index in [9.17, 15) is 4.79 Å². The van der Waals surface area contributed by atoms with Gasteiger partial charge in [-0.05, 0) is 19.1 Å². The highest BCUT2D eigenvalue weighted by Crippen LogP contribution is 2.21. The smallest absolute Gasteiger partial charge is 0.376 e. The number of para-hydroxylation sites is 2. The van der Waals surface area contributed by atoms with Crippen LogP contribution in [-0.2, 0) is 4.74 Å². The minimum Gasteiger partial charge on any atom is -0.460 e. The van der Waals surface area contributed by atoms with Crippen LogP contribution in [0.15, 0.2) is 24.3 Å². The van der Waals surface area contributed by atoms with Crippen LogP contribution < -0.4 is 0 Å². The van der Waals surface area contributed by atoms with Crippen LogP contribution in [0.25, 0.3) is 16.0 Å². The predicted molar refractivity (Wildman–Crippen MR) is 64.3 cm³/mol. The topological polar surface area (TPSA) is 56.5 Å². The molecule has 0 unspecified atom stereocenters. The van der Waals surface area contributed by atoms with Crippen LogP contribution in [0, 0.1) is 0 Å². The molecular formula is C11H9N3O2S. The fourth-order valence-electron chi connectivity index (χ4n) is 1.72. The SMILES string of the molecule is CCOC(=O)c1nsc2nc3ccccc3n12. The summed E-state index contributed by atoms with van der Waals surface area (Å²) in [5, 5.41) is 0. The van der Waals surface area contributed by atoms with Crippen LogP contribution >= 0.6 is 11.5 Å². The molecule has 0 aliphatic rings. The molecule has 3 rings (SSSR count). The van der Waals surface area contributed by atoms with Gasteiger partial charge in [0.2, 0.25) is 10.8 Å². The van der Waals surface area contributed by atoms with Crippen LogP contribution in [0.5, 0.6) is 0 Å². The molecule has 0 aliphatic carbocycles. The van der Waals surface area contributed by atoms with E-state index < -0.39 is 5.97 Å². The molecule has 0 atom stereocenters. The maximum Gasteiger partial charge on any atom is 0.376 e. The molecule has 0 amide bonds. The van der Waals surface area contributed by atoms with E-state index in [-0.39, 0.29) is 0 Å². The molecule has 2 aromatic heterocycles. The minimum atomic E-state index is -0.415. The van der Waals surface area contributed by atoms with E-state index in [2.05, 4.69) is 9.36 Å². The van der Waals surface area contributed by atoms with E-state index in [0.717, 1.165) is 11.0 Å². The number of hydrogen-bond donors (Lipinski definition) is 0. The molecule has 17 heavy (non-hydrogen) atoms. The number of carbonyl (C=O) groups is 1. The molecule has 0 saturated carbocycles. The highest BCUT2D eigenvalue weighted by molar-refractivity contribution is 7.11. The lowest BCUT2D eigenvalue weighted by atomic mass is 10.3. The van der Waals surface area contributed by atoms with E-state index >= 15 is 0 Å². The summed E-state index contributed by atoms with van der Waals surface area (Å²) in [6.07, 6.45) is 0. The first-order chi connectivity index (χ1) is 8.31. The summed E-state index contributed by atoms with van der Waals surface area (Å²) in [6, 6.07) is 7.64. The Morgan fingerprint density at radius 3 is 3.12 bits per heavy atom. The number of ether oxygens (including phenoxy) is 1. The molecule has 0 saturated heterocycles. The molecule has 0 radical (unpaired) electrons. The van der Waals surface area contributed by atoms with E-state index in [1.165, 1.54) is 11.5 Å². The maximum absolute atomic E-state index is 11.7. The summed E-state index contributed by atoms with van der Waals surface area (Å²) in [5.41, 5.74) is 1.73. The van der Waals surface area contributed by atoms with Gasteiger partial charge >= 0.3 is 5.97 Å². The molecule has 2 heterocycles. The first kappa shape index (κ1) is 10.2. The van der Waals surface area contributed by atoms with Gasteiger partial charge in [0.15, 0.2) is 0 Å². The van der Waals surface area contributed by atoms with Crippen molar-refractivity contribution in [3.05, 3.63) is 30.1 Å². The van der Waals surface area contributed by atoms with Gasteiger partial charge in [-0.15, -0.1) is 0 Å². The quantitative estimate of drug-likeness (QED) is 0.651. The minimum absolute atomic E-state index is 0.292. The summed E-state index contributed by atoms with van der Waals surface area (Å²) in [5.74, 6) is -0.123. The van der Waals surface area contributed by atoms with Gasteiger partial charge in [-0.3, -0.25) is 4.40 Å². The number of benzene rings is 1. The molecule has 0 bridgehead atoms. The summed E-state index contributed by atoms with van der Waals surface area (Å²) in [4.78, 5) is 16.8. The zero-order chi connectivity index (χ0) is 11.8. The second kappa shape index (κ2) is 3.81. The molecule has 86 valence electrons. The van der Waals surface area contributed by atoms with Gasteiger partial charge in [-0.25, -0.2) is 9.78 Å². The van der Waals surface area contributed by atoms with Crippen molar-refractivity contribution in [2.45, 2.75) is 6.92 Å². The molecule has 1 aromatic carbocycles. The van der Waals surface area contributed by atoms with Gasteiger partial charge in [0.05, 0.1) is 17.6 Å². The first-order valence-corrected chi connectivity index (χ1v) is 5.98. The monoisotopic (exact) mass is 247 g/mol. The van der Waals surface area contributed by atoms with E-state index in [0.29, 0.717) is 17.4 Å². The third-order valence-electron chi connectivity index (χ3n) is 2.41. The van der Waals surface area contributed by atoms with Crippen molar-refractivity contribution in [2.24, 2.45) is 0 Å². The number of aromatic nitrogens is 3. The van der Waals surface area contributed by atoms with Crippen molar-refractivity contribution < 1.29 is 9.53 Å². The lowest BCUT2D eigenvalue weighted by Gasteiger charge is -1.98. The third kappa shape index (κ3) is 1.49. The van der Waals surface area contributed by atoms with E-state index in [1.807, 2.05) is 24.3 Å². The van der Waals surface area contributed by atoms with Crippen LogP contribution in [0.3, 0.4) is 0 Å². The van der Waals surface area contributed by atoms with Crippen LogP contribution in [0.4, 0.5) is 0 Å². The van der Waals surface area contributed by atoms with Gasteiger partial charge in [0, 0.05) is 11.5 Å². The van der Waals surface area contributed by atoms with Crippen molar-refractivity contribution in [2.75, 3.05) is 6.61 Å². The Morgan fingerprint density at radius 1 is 1.47 bits per heavy atom. The Labute approximate surface area is 101 Å². The zero-order valence-electron chi connectivity index (χ0n) is 9.08. The number of imidazole rings is 1. The summed E-state index contributed by atoms with van der Waals surface area (Å²) in [6.45, 7) is 2.11. The number of fused-ring (bicyclic) bond motifs is 3. The standard InChI is InChI=1S/C11H9N3O2S/c1-2-16-10(15)9-13-17-11-12-7-5-3-4-6-8(7)14(9)11/h3-6H,2H2,1H3. The normalized spacial score (nSPS) is 11.1. The molecule has 0 N–H and O–H groups in total. The van der Waals surface area contributed by atoms with Crippen molar-refractivity contribution in [1.29, 1.82) is 0 Å². The van der Waals surface area contributed by atoms with Crippen molar-refractivity contribution in [1.82, 2.24) is 13.8 Å². The van der Waals surface area contributed by atoms with Crippen LogP contribution in [0.1, 0.15) is 17.5 Å². The maximum atomic E-state index is 11.7. The number of hydrogen-bond acceptors (Lipinski definition) is 5. The van der Waals surface area contributed by atoms with Crippen LogP contribution in [-0.4, -0.2) is 26.3 Å². The highest BCUT2D eigenvalue weighted by atomic mass is 32.1. The Kier molecular flexibility index (Phi) is 2.29. The molecule has 0 spiro atoms. The van der Waals surface area contributed by atoms with E-state index in [4.69, 9.17) is 4.74 Å². The van der Waals surface area contributed by atoms with Gasteiger partial charge in [0.1, 0.15) is 0 Å². The number of carbonyl (C=O) groups excluding carboxylic acids is 1. The van der Waals surface area contributed by atoms with Gasteiger partial charge in [-0.1, -0.05) is 12.1 Å². The number of nitrogens with zero attached hydrogens (tertiary/aromatic N) is 3. The number of rotatable bonds is 2. The second-order valence-electron chi connectivity index (χ2n) is 3.45. The van der Waals surface area contributed by atoms with Crippen LogP contribution in [0.2, 0.25) is 0 Å². The number of esters is 1. The second-order valence-corrected chi connectivity index (χ2v) is 4.18. The van der Waals surface area contributed by atoms with Crippen molar-refractivity contribution >= 4 is 33.5 Å². The van der Waals surface area contributed by atoms with E-state index in [1.54, 1.807) is 11.3 Å². The van der Waals surface area contributed by atoms with Crippen molar-refractivity contribution in [3.8, 4) is 0 Å². The summed E-state index contributed by atoms with van der Waals surface area (Å²) >= 11 is 1.19. The lowest BCUT2D eigenvalue weighted by molar-refractivity contribution is 0.0512. The summed E-state index contributed by atoms with van der Waals surface area (Å²) in [7, 11) is 0. The van der Waals surface area contributed by atoms with Gasteiger partial charge in [0.25, 0.3) is 0 Å². The fourth-order valence-corrected chi connectivity index (χ4v) is 2.45. The largest absolute Gasteiger partial charge is 0.460 e. The Hall–Kier alpha value is -1.95. The fraction of sp³-hybridized carbons (Fsp3) is 0.182. The average molecular weight is 247 g/mol.